The molecule has 6 nitrogen and oxygen atoms in total. The number of carbonyl (C=O) groups is 1. The number of aliphatic hydroxyl groups is 1. The van der Waals surface area contributed by atoms with E-state index in [4.69, 9.17) is 4.74 Å². The normalized spacial score (nSPS) is 22.9. The first-order valence-corrected chi connectivity index (χ1v) is 18.3. The topological polar surface area (TPSA) is 53.0 Å². The quantitative estimate of drug-likeness (QED) is 0.106. The van der Waals surface area contributed by atoms with Crippen LogP contribution >= 0.6 is 0 Å². The summed E-state index contributed by atoms with van der Waals surface area (Å²) >= 11 is 0. The molecule has 0 spiro atoms. The van der Waals surface area contributed by atoms with Gasteiger partial charge in [0, 0.05) is 30.9 Å². The molecule has 5 aromatic rings. The van der Waals surface area contributed by atoms with E-state index in [1.807, 2.05) is 24.3 Å². The number of carbonyl (C=O) groups excluding carboxylic acids is 1. The van der Waals surface area contributed by atoms with Crippen LogP contribution in [0.2, 0.25) is 0 Å². The Bertz CT molecular complexity index is 1960. The number of hydrogen-bond donors (Lipinski definition) is 1. The number of amides is 1. The molecule has 52 heavy (non-hydrogen) atoms. The fourth-order valence-electron chi connectivity index (χ4n) is 8.17. The Kier molecular flexibility index (Phi) is 9.62. The van der Waals surface area contributed by atoms with Crippen molar-refractivity contribution in [1.29, 1.82) is 0 Å². The lowest BCUT2D eigenvalue weighted by atomic mass is 9.78. The highest BCUT2D eigenvalue weighted by Gasteiger charge is 2.48. The van der Waals surface area contributed by atoms with E-state index < -0.39 is 6.10 Å². The minimum absolute atomic E-state index is 0.0775. The van der Waals surface area contributed by atoms with E-state index in [1.54, 1.807) is 29.2 Å². The molecule has 0 radical (unpaired) electrons. The van der Waals surface area contributed by atoms with Gasteiger partial charge in [-0.05, 0) is 89.2 Å². The van der Waals surface area contributed by atoms with Gasteiger partial charge in [0.2, 0.25) is 5.91 Å². The maximum absolute atomic E-state index is 13.7. The molecular formula is C44H44F2N3O3+. The lowest BCUT2D eigenvalue weighted by molar-refractivity contribution is -0.953. The molecule has 8 heteroatoms. The van der Waals surface area contributed by atoms with Crippen LogP contribution in [0.3, 0.4) is 0 Å². The largest absolute Gasteiger partial charge is 0.489 e. The Morgan fingerprint density at radius 3 is 1.87 bits per heavy atom. The van der Waals surface area contributed by atoms with Gasteiger partial charge in [-0.1, -0.05) is 72.8 Å². The summed E-state index contributed by atoms with van der Waals surface area (Å²) in [7, 11) is 0. The van der Waals surface area contributed by atoms with Crippen LogP contribution in [0, 0.1) is 17.6 Å². The second kappa shape index (κ2) is 14.6. The molecule has 0 saturated carbocycles. The van der Waals surface area contributed by atoms with E-state index in [2.05, 4.69) is 53.4 Å². The van der Waals surface area contributed by atoms with Crippen molar-refractivity contribution < 1.29 is 27.9 Å². The van der Waals surface area contributed by atoms with Crippen molar-refractivity contribution in [3.8, 4) is 16.9 Å². The number of nitrogens with zero attached hydrogens (tertiary/aromatic N) is 3. The average molecular weight is 701 g/mol. The molecule has 4 heterocycles. The molecule has 2 bridgehead atoms. The average Bonchev–Trinajstić information content (AvgIpc) is 3.18. The first kappa shape index (κ1) is 34.2. The summed E-state index contributed by atoms with van der Waals surface area (Å²) in [6.45, 7) is 9.03. The molecule has 4 aliphatic rings. The lowest BCUT2D eigenvalue weighted by Gasteiger charge is -2.50. The molecule has 0 aliphatic carbocycles. The number of piperazine rings is 3. The Labute approximate surface area is 304 Å². The van der Waals surface area contributed by atoms with Gasteiger partial charge in [-0.3, -0.25) is 9.69 Å². The summed E-state index contributed by atoms with van der Waals surface area (Å²) in [6.07, 6.45) is -0.0276. The zero-order chi connectivity index (χ0) is 35.7. The fourth-order valence-corrected chi connectivity index (χ4v) is 8.17. The summed E-state index contributed by atoms with van der Waals surface area (Å²) in [6, 6.07) is 36.8. The number of halogens is 2. The molecule has 4 aliphatic heterocycles. The van der Waals surface area contributed by atoms with Crippen molar-refractivity contribution >= 4 is 11.6 Å². The van der Waals surface area contributed by atoms with Gasteiger partial charge < -0.3 is 19.2 Å². The second-order valence-electron chi connectivity index (χ2n) is 14.6. The number of hydrogen-bond acceptors (Lipinski definition) is 4. The van der Waals surface area contributed by atoms with Crippen molar-refractivity contribution in [2.45, 2.75) is 38.1 Å². The summed E-state index contributed by atoms with van der Waals surface area (Å²) < 4.78 is 34.5. The highest BCUT2D eigenvalue weighted by atomic mass is 19.1. The zero-order valence-electron chi connectivity index (χ0n) is 29.2. The lowest BCUT2D eigenvalue weighted by Crippen LogP contribution is -2.66. The summed E-state index contributed by atoms with van der Waals surface area (Å²) in [5, 5.41) is 10.8. The van der Waals surface area contributed by atoms with Gasteiger partial charge >= 0.3 is 0 Å². The monoisotopic (exact) mass is 700 g/mol. The molecular weight excluding hydrogens is 656 g/mol. The maximum atomic E-state index is 13.7. The van der Waals surface area contributed by atoms with Crippen LogP contribution in [0.1, 0.15) is 47.2 Å². The third-order valence-electron chi connectivity index (χ3n) is 11.4. The van der Waals surface area contributed by atoms with Crippen molar-refractivity contribution in [1.82, 2.24) is 4.90 Å². The van der Waals surface area contributed by atoms with Gasteiger partial charge in [-0.15, -0.1) is 0 Å². The molecule has 1 N–H and O–H groups in total. The zero-order valence-corrected chi connectivity index (χ0v) is 29.2. The van der Waals surface area contributed by atoms with Crippen LogP contribution in [-0.2, 0) is 17.9 Å². The number of quaternary nitrogens is 1. The van der Waals surface area contributed by atoms with E-state index in [0.717, 1.165) is 17.7 Å². The van der Waals surface area contributed by atoms with E-state index >= 15 is 0 Å². The molecule has 5 aromatic carbocycles. The Hall–Kier alpha value is -4.89. The standard InChI is InChI=1S/C44H44F2N3O3/c45-37-13-9-35(10-14-37)42(50)22-21-41-43(48(44(41)51)39-17-15-38(46)16-18-39)36-11-19-40(20-12-36)52-30-32-3-7-34(8-4-32)33-5-1-31(2-6-33)29-49-26-23-47(24-27-49)25-28-49/h1-20,41-43,50H,21-30H2/q+1. The van der Waals surface area contributed by atoms with E-state index in [0.29, 0.717) is 36.4 Å². The summed E-state index contributed by atoms with van der Waals surface area (Å²) in [4.78, 5) is 17.7. The second-order valence-corrected chi connectivity index (χ2v) is 14.6. The first-order chi connectivity index (χ1) is 25.3. The van der Waals surface area contributed by atoms with Crippen molar-refractivity contribution in [3.63, 3.8) is 0 Å². The van der Waals surface area contributed by atoms with Gasteiger partial charge in [0.05, 0.1) is 37.7 Å². The van der Waals surface area contributed by atoms with Gasteiger partial charge in [0.1, 0.15) is 30.5 Å². The van der Waals surface area contributed by atoms with Crippen molar-refractivity contribution in [2.24, 2.45) is 5.92 Å². The number of benzene rings is 5. The molecule has 0 aromatic heterocycles. The number of aliphatic hydroxyl groups excluding tert-OH is 1. The van der Waals surface area contributed by atoms with Gasteiger partial charge in [0.15, 0.2) is 0 Å². The molecule has 9 rings (SSSR count). The molecule has 4 saturated heterocycles. The summed E-state index contributed by atoms with van der Waals surface area (Å²) in [5.74, 6) is -0.466. The highest BCUT2D eigenvalue weighted by molar-refractivity contribution is 6.03. The van der Waals surface area contributed by atoms with E-state index in [9.17, 15) is 18.7 Å². The molecule has 3 unspecified atom stereocenters. The maximum Gasteiger partial charge on any atom is 0.233 e. The third kappa shape index (κ3) is 7.24. The van der Waals surface area contributed by atoms with E-state index in [1.165, 1.54) is 84.7 Å². The van der Waals surface area contributed by atoms with Gasteiger partial charge in [-0.25, -0.2) is 8.78 Å². The van der Waals surface area contributed by atoms with Crippen molar-refractivity contribution in [3.05, 3.63) is 155 Å². The minimum Gasteiger partial charge on any atom is -0.489 e. The summed E-state index contributed by atoms with van der Waals surface area (Å²) in [5.41, 5.74) is 7.03. The van der Waals surface area contributed by atoms with Crippen LogP contribution in [0.25, 0.3) is 11.1 Å². The highest BCUT2D eigenvalue weighted by Crippen LogP contribution is 2.46. The van der Waals surface area contributed by atoms with Crippen LogP contribution < -0.4 is 9.64 Å². The van der Waals surface area contributed by atoms with Crippen LogP contribution in [0.5, 0.6) is 5.75 Å². The van der Waals surface area contributed by atoms with Crippen molar-refractivity contribution in [2.75, 3.05) is 44.2 Å². The van der Waals surface area contributed by atoms with Crippen LogP contribution in [-0.4, -0.2) is 59.7 Å². The molecule has 1 amide bonds. The predicted octanol–water partition coefficient (Wildman–Crippen LogP) is 8.07. The Morgan fingerprint density at radius 2 is 1.27 bits per heavy atom. The smallest absolute Gasteiger partial charge is 0.233 e. The molecule has 3 atom stereocenters. The SMILES string of the molecule is O=C1C(CCC(O)c2ccc(F)cc2)C(c2ccc(OCc3ccc(-c4ccc(C[N+]56CCN(CC5)CC6)cc4)cc3)cc2)N1c1ccc(F)cc1. The molecule has 266 valence electrons. The number of rotatable bonds is 12. The number of β-lactam (4-membered cyclic amide) rings is 1. The van der Waals surface area contributed by atoms with Crippen LogP contribution in [0.15, 0.2) is 121 Å². The first-order valence-electron chi connectivity index (χ1n) is 18.3. The molecule has 4 fully saturated rings. The van der Waals surface area contributed by atoms with Gasteiger partial charge in [0.25, 0.3) is 0 Å². The minimum atomic E-state index is -0.816. The Balaban J connectivity index is 0.895. The fraction of sp³-hybridized carbons (Fsp3) is 0.295. The number of fused-ring (bicyclic) bond motifs is 3. The number of ether oxygens (including phenoxy) is 1. The predicted molar refractivity (Wildman–Crippen MR) is 198 cm³/mol. The van der Waals surface area contributed by atoms with Gasteiger partial charge in [-0.2, -0.15) is 0 Å². The third-order valence-corrected chi connectivity index (χ3v) is 11.4. The van der Waals surface area contributed by atoms with E-state index in [-0.39, 0.29) is 29.5 Å². The number of anilines is 1. The van der Waals surface area contributed by atoms with Crippen LogP contribution in [0.4, 0.5) is 14.5 Å². The Morgan fingerprint density at radius 1 is 0.712 bits per heavy atom.